The summed E-state index contributed by atoms with van der Waals surface area (Å²) in [6.07, 6.45) is 2.82. The van der Waals surface area contributed by atoms with E-state index in [1.54, 1.807) is 12.1 Å². The predicted octanol–water partition coefficient (Wildman–Crippen LogP) is 4.33. The maximum absolute atomic E-state index is 9.59. The van der Waals surface area contributed by atoms with Gasteiger partial charge in [0.25, 0.3) is 0 Å². The topological polar surface area (TPSA) is 50.4 Å². The van der Waals surface area contributed by atoms with E-state index in [2.05, 4.69) is 6.92 Å². The monoisotopic (exact) mass is 315 g/mol. The molecule has 0 spiro atoms. The lowest BCUT2D eigenvalue weighted by Gasteiger charge is -2.05. The number of phenols is 1. The van der Waals surface area contributed by atoms with Crippen molar-refractivity contribution in [3.8, 4) is 28.3 Å². The Hall–Kier alpha value is -3.14. The highest BCUT2D eigenvalue weighted by atomic mass is 16.3. The molecule has 0 saturated heterocycles. The first-order valence-corrected chi connectivity index (χ1v) is 7.99. The number of rotatable bonds is 3. The summed E-state index contributed by atoms with van der Waals surface area (Å²) in [6, 6.07) is 19.3. The Labute approximate surface area is 140 Å². The van der Waals surface area contributed by atoms with E-state index in [1.807, 2.05) is 59.2 Å². The maximum Gasteiger partial charge on any atom is 0.120 e. The number of hydrogen-bond donors (Lipinski definition) is 1. The van der Waals surface area contributed by atoms with E-state index in [0.717, 1.165) is 40.1 Å². The van der Waals surface area contributed by atoms with Gasteiger partial charge in [0.15, 0.2) is 0 Å². The van der Waals surface area contributed by atoms with Gasteiger partial charge in [-0.2, -0.15) is 5.10 Å². The summed E-state index contributed by atoms with van der Waals surface area (Å²) in [6.45, 7) is 2.09. The first-order valence-electron chi connectivity index (χ1n) is 7.99. The molecule has 1 aromatic carbocycles. The highest BCUT2D eigenvalue weighted by molar-refractivity contribution is 5.91. The summed E-state index contributed by atoms with van der Waals surface area (Å²) in [5, 5.41) is 14.3. The summed E-state index contributed by atoms with van der Waals surface area (Å²) in [5.74, 6) is 0.253. The SMILES string of the molecule is CCc1cccc(-c2nn3ccccc3c2-c2ccc(O)cc2)n1. The maximum atomic E-state index is 9.59. The van der Waals surface area contributed by atoms with Crippen molar-refractivity contribution in [1.29, 1.82) is 0 Å². The van der Waals surface area contributed by atoms with Crippen LogP contribution < -0.4 is 0 Å². The van der Waals surface area contributed by atoms with Crippen LogP contribution in [0.2, 0.25) is 0 Å². The van der Waals surface area contributed by atoms with E-state index >= 15 is 0 Å². The van der Waals surface area contributed by atoms with Crippen molar-refractivity contribution < 1.29 is 5.11 Å². The molecule has 1 N–H and O–H groups in total. The van der Waals surface area contributed by atoms with Gasteiger partial charge >= 0.3 is 0 Å². The molecule has 4 heteroatoms. The number of pyridine rings is 2. The molecule has 24 heavy (non-hydrogen) atoms. The van der Waals surface area contributed by atoms with Gasteiger partial charge < -0.3 is 5.11 Å². The Morgan fingerprint density at radius 1 is 0.958 bits per heavy atom. The van der Waals surface area contributed by atoms with Crippen LogP contribution in [-0.2, 0) is 6.42 Å². The van der Waals surface area contributed by atoms with Crippen molar-refractivity contribution in [3.05, 3.63) is 72.6 Å². The Bertz CT molecular complexity index is 1000. The lowest BCUT2D eigenvalue weighted by atomic mass is 10.0. The molecule has 4 rings (SSSR count). The molecule has 0 amide bonds. The smallest absolute Gasteiger partial charge is 0.120 e. The molecule has 3 heterocycles. The van der Waals surface area contributed by atoms with Crippen LogP contribution in [0.4, 0.5) is 0 Å². The number of hydrogen-bond acceptors (Lipinski definition) is 3. The van der Waals surface area contributed by atoms with Gasteiger partial charge in [-0.05, 0) is 48.4 Å². The average Bonchev–Trinajstić information content (AvgIpc) is 3.02. The van der Waals surface area contributed by atoms with Crippen LogP contribution in [0.3, 0.4) is 0 Å². The van der Waals surface area contributed by atoms with Crippen LogP contribution >= 0.6 is 0 Å². The highest BCUT2D eigenvalue weighted by Crippen LogP contribution is 2.35. The molecule has 0 aliphatic heterocycles. The fraction of sp³-hybridized carbons (Fsp3) is 0.100. The number of fused-ring (bicyclic) bond motifs is 1. The fourth-order valence-electron chi connectivity index (χ4n) is 2.90. The average molecular weight is 315 g/mol. The fourth-order valence-corrected chi connectivity index (χ4v) is 2.90. The summed E-state index contributed by atoms with van der Waals surface area (Å²) >= 11 is 0. The van der Waals surface area contributed by atoms with Gasteiger partial charge in [-0.25, -0.2) is 4.52 Å². The zero-order valence-corrected chi connectivity index (χ0v) is 13.3. The molecule has 4 aromatic rings. The summed E-state index contributed by atoms with van der Waals surface area (Å²) < 4.78 is 1.87. The van der Waals surface area contributed by atoms with Gasteiger partial charge in [0.2, 0.25) is 0 Å². The minimum Gasteiger partial charge on any atom is -0.508 e. The Kier molecular flexibility index (Phi) is 3.50. The van der Waals surface area contributed by atoms with E-state index in [1.165, 1.54) is 0 Å². The predicted molar refractivity (Wildman–Crippen MR) is 94.9 cm³/mol. The van der Waals surface area contributed by atoms with E-state index in [-0.39, 0.29) is 5.75 Å². The van der Waals surface area contributed by atoms with Crippen molar-refractivity contribution in [2.75, 3.05) is 0 Å². The van der Waals surface area contributed by atoms with Gasteiger partial charge in [-0.15, -0.1) is 0 Å². The third kappa shape index (κ3) is 2.42. The second kappa shape index (κ2) is 5.81. The normalized spacial score (nSPS) is 11.0. The molecule has 3 aromatic heterocycles. The first kappa shape index (κ1) is 14.5. The highest BCUT2D eigenvalue weighted by Gasteiger charge is 2.17. The molecular formula is C20H17N3O. The van der Waals surface area contributed by atoms with E-state index in [4.69, 9.17) is 10.1 Å². The van der Waals surface area contributed by atoms with Crippen molar-refractivity contribution in [1.82, 2.24) is 14.6 Å². The number of nitrogens with zero attached hydrogens (tertiary/aromatic N) is 3. The third-order valence-electron chi connectivity index (χ3n) is 4.11. The molecule has 0 bridgehead atoms. The number of benzene rings is 1. The van der Waals surface area contributed by atoms with Crippen LogP contribution in [-0.4, -0.2) is 19.7 Å². The third-order valence-corrected chi connectivity index (χ3v) is 4.11. The van der Waals surface area contributed by atoms with Crippen LogP contribution in [0.1, 0.15) is 12.6 Å². The van der Waals surface area contributed by atoms with E-state index < -0.39 is 0 Å². The van der Waals surface area contributed by atoms with Crippen molar-refractivity contribution in [3.63, 3.8) is 0 Å². The molecule has 118 valence electrons. The molecule has 0 unspecified atom stereocenters. The van der Waals surface area contributed by atoms with Gasteiger partial charge in [0, 0.05) is 17.5 Å². The quantitative estimate of drug-likeness (QED) is 0.612. The largest absolute Gasteiger partial charge is 0.508 e. The van der Waals surface area contributed by atoms with Gasteiger partial charge in [-0.1, -0.05) is 31.2 Å². The second-order valence-corrected chi connectivity index (χ2v) is 5.67. The number of phenolic OH excluding ortho intramolecular Hbond substituents is 1. The Morgan fingerprint density at radius 2 is 1.79 bits per heavy atom. The van der Waals surface area contributed by atoms with Crippen LogP contribution in [0.5, 0.6) is 5.75 Å². The van der Waals surface area contributed by atoms with Gasteiger partial charge in [0.1, 0.15) is 11.4 Å². The van der Waals surface area contributed by atoms with E-state index in [0.29, 0.717) is 0 Å². The van der Waals surface area contributed by atoms with Crippen molar-refractivity contribution >= 4 is 5.52 Å². The molecule has 0 aliphatic carbocycles. The van der Waals surface area contributed by atoms with Gasteiger partial charge in [-0.3, -0.25) is 4.98 Å². The zero-order valence-electron chi connectivity index (χ0n) is 13.3. The van der Waals surface area contributed by atoms with Crippen molar-refractivity contribution in [2.24, 2.45) is 0 Å². The molecule has 0 fully saturated rings. The zero-order chi connectivity index (χ0) is 16.5. The van der Waals surface area contributed by atoms with Crippen molar-refractivity contribution in [2.45, 2.75) is 13.3 Å². The molecule has 0 radical (unpaired) electrons. The van der Waals surface area contributed by atoms with Gasteiger partial charge in [0.05, 0.1) is 11.2 Å². The number of aryl methyl sites for hydroxylation is 1. The molecule has 4 nitrogen and oxygen atoms in total. The standard InChI is InChI=1S/C20H17N3O/c1-2-15-6-5-7-17(21-15)20-19(14-9-11-16(24)12-10-14)18-8-3-4-13-23(18)22-20/h3-13,24H,2H2,1H3. The summed E-state index contributed by atoms with van der Waals surface area (Å²) in [7, 11) is 0. The van der Waals surface area contributed by atoms with Crippen LogP contribution in [0, 0.1) is 0 Å². The first-order chi connectivity index (χ1) is 11.8. The molecule has 0 atom stereocenters. The Morgan fingerprint density at radius 3 is 2.58 bits per heavy atom. The molecular weight excluding hydrogens is 298 g/mol. The van der Waals surface area contributed by atoms with Crippen LogP contribution in [0.15, 0.2) is 66.9 Å². The van der Waals surface area contributed by atoms with Crippen LogP contribution in [0.25, 0.3) is 28.0 Å². The molecule has 0 aliphatic rings. The number of aromatic hydroxyl groups is 1. The lowest BCUT2D eigenvalue weighted by molar-refractivity contribution is 0.475. The second-order valence-electron chi connectivity index (χ2n) is 5.67. The number of aromatic nitrogens is 3. The lowest BCUT2D eigenvalue weighted by Crippen LogP contribution is -1.92. The Balaban J connectivity index is 2.01. The minimum absolute atomic E-state index is 0.253. The minimum atomic E-state index is 0.253. The summed E-state index contributed by atoms with van der Waals surface area (Å²) in [5.41, 5.74) is 5.80. The van der Waals surface area contributed by atoms with E-state index in [9.17, 15) is 5.11 Å². The summed E-state index contributed by atoms with van der Waals surface area (Å²) in [4.78, 5) is 4.74. The molecule has 0 saturated carbocycles.